The summed E-state index contributed by atoms with van der Waals surface area (Å²) in [6, 6.07) is 0.0878. The lowest BCUT2D eigenvalue weighted by molar-refractivity contribution is -0.144. The monoisotopic (exact) mass is 245 g/mol. The number of carbonyl (C=O) groups is 1. The highest BCUT2D eigenvalue weighted by Gasteiger charge is 2.31. The Labute approximate surface area is 102 Å². The van der Waals surface area contributed by atoms with Crippen LogP contribution in [0.2, 0.25) is 0 Å². The van der Waals surface area contributed by atoms with E-state index in [0.29, 0.717) is 31.5 Å². The van der Waals surface area contributed by atoms with Gasteiger partial charge in [-0.15, -0.1) is 11.6 Å². The standard InChI is InChI=1S/C12H20ClNO2/c13-8-11-9-16-7-6-14(11)12(15)10-4-2-1-3-5-10/h10-11H,1-9H2. The van der Waals surface area contributed by atoms with Gasteiger partial charge in [-0.05, 0) is 12.8 Å². The van der Waals surface area contributed by atoms with Crippen molar-refractivity contribution in [2.75, 3.05) is 25.6 Å². The first kappa shape index (κ1) is 12.2. The molecule has 2 rings (SSSR count). The molecule has 1 heterocycles. The molecule has 0 aromatic rings. The summed E-state index contributed by atoms with van der Waals surface area (Å²) in [4.78, 5) is 14.3. The van der Waals surface area contributed by atoms with Gasteiger partial charge in [0.15, 0.2) is 0 Å². The number of halogens is 1. The molecule has 0 radical (unpaired) electrons. The Morgan fingerprint density at radius 1 is 1.31 bits per heavy atom. The summed E-state index contributed by atoms with van der Waals surface area (Å²) in [5.41, 5.74) is 0. The van der Waals surface area contributed by atoms with E-state index in [4.69, 9.17) is 16.3 Å². The molecule has 1 amide bonds. The maximum Gasteiger partial charge on any atom is 0.226 e. The summed E-state index contributed by atoms with van der Waals surface area (Å²) in [6.45, 7) is 1.97. The summed E-state index contributed by atoms with van der Waals surface area (Å²) in [5.74, 6) is 1.05. The highest BCUT2D eigenvalue weighted by atomic mass is 35.5. The van der Waals surface area contributed by atoms with Gasteiger partial charge in [0.2, 0.25) is 5.91 Å². The van der Waals surface area contributed by atoms with Crippen molar-refractivity contribution in [3.05, 3.63) is 0 Å². The molecule has 0 aromatic heterocycles. The van der Waals surface area contributed by atoms with Gasteiger partial charge in [0.25, 0.3) is 0 Å². The fourth-order valence-corrected chi connectivity index (χ4v) is 2.91. The zero-order chi connectivity index (χ0) is 11.4. The van der Waals surface area contributed by atoms with E-state index in [1.807, 2.05) is 4.90 Å². The van der Waals surface area contributed by atoms with Gasteiger partial charge < -0.3 is 9.64 Å². The predicted molar refractivity (Wildman–Crippen MR) is 63.6 cm³/mol. The smallest absolute Gasteiger partial charge is 0.226 e. The molecule has 0 spiro atoms. The highest BCUT2D eigenvalue weighted by molar-refractivity contribution is 6.18. The number of rotatable bonds is 2. The van der Waals surface area contributed by atoms with Gasteiger partial charge in [-0.25, -0.2) is 0 Å². The third kappa shape index (κ3) is 2.69. The van der Waals surface area contributed by atoms with Crippen molar-refractivity contribution in [3.8, 4) is 0 Å². The number of hydrogen-bond donors (Lipinski definition) is 0. The normalized spacial score (nSPS) is 28.1. The Bertz CT molecular complexity index is 241. The van der Waals surface area contributed by atoms with Gasteiger partial charge in [0, 0.05) is 18.3 Å². The van der Waals surface area contributed by atoms with Crippen LogP contribution in [-0.2, 0) is 9.53 Å². The second-order valence-electron chi connectivity index (χ2n) is 4.75. The quantitative estimate of drug-likeness (QED) is 0.697. The van der Waals surface area contributed by atoms with E-state index in [1.54, 1.807) is 0 Å². The van der Waals surface area contributed by atoms with Gasteiger partial charge in [-0.3, -0.25) is 4.79 Å². The molecule has 1 aliphatic carbocycles. The molecule has 2 aliphatic rings. The van der Waals surface area contributed by atoms with Crippen molar-refractivity contribution in [1.82, 2.24) is 4.90 Å². The largest absolute Gasteiger partial charge is 0.377 e. The summed E-state index contributed by atoms with van der Waals surface area (Å²) in [5, 5.41) is 0. The topological polar surface area (TPSA) is 29.5 Å². The van der Waals surface area contributed by atoms with Crippen molar-refractivity contribution in [2.45, 2.75) is 38.1 Å². The number of hydrogen-bond acceptors (Lipinski definition) is 2. The SMILES string of the molecule is O=C(C1CCCCC1)N1CCOCC1CCl. The molecule has 16 heavy (non-hydrogen) atoms. The Morgan fingerprint density at radius 2 is 2.06 bits per heavy atom. The fraction of sp³-hybridized carbons (Fsp3) is 0.917. The molecule has 0 bridgehead atoms. The van der Waals surface area contributed by atoms with Crippen LogP contribution in [0, 0.1) is 5.92 Å². The molecule has 1 saturated carbocycles. The Hall–Kier alpha value is -0.280. The van der Waals surface area contributed by atoms with Gasteiger partial charge in [0.1, 0.15) is 0 Å². The molecule has 3 nitrogen and oxygen atoms in total. The lowest BCUT2D eigenvalue weighted by Gasteiger charge is -2.37. The molecule has 0 N–H and O–H groups in total. The molecular weight excluding hydrogens is 226 g/mol. The van der Waals surface area contributed by atoms with Crippen molar-refractivity contribution in [2.24, 2.45) is 5.92 Å². The van der Waals surface area contributed by atoms with Crippen molar-refractivity contribution < 1.29 is 9.53 Å². The first-order chi connectivity index (χ1) is 7.83. The third-order valence-electron chi connectivity index (χ3n) is 3.64. The lowest BCUT2D eigenvalue weighted by Crippen LogP contribution is -2.51. The van der Waals surface area contributed by atoms with Crippen LogP contribution < -0.4 is 0 Å². The predicted octanol–water partition coefficient (Wildman–Crippen LogP) is 2.03. The molecule has 4 heteroatoms. The molecule has 2 fully saturated rings. The molecule has 0 aromatic carbocycles. The van der Waals surface area contributed by atoms with Crippen molar-refractivity contribution >= 4 is 17.5 Å². The number of carbonyl (C=O) groups excluding carboxylic acids is 1. The van der Waals surface area contributed by atoms with Crippen LogP contribution >= 0.6 is 11.6 Å². The second-order valence-corrected chi connectivity index (χ2v) is 5.06. The van der Waals surface area contributed by atoms with E-state index in [9.17, 15) is 4.79 Å². The highest BCUT2D eigenvalue weighted by Crippen LogP contribution is 2.26. The zero-order valence-electron chi connectivity index (χ0n) is 9.66. The minimum absolute atomic E-state index is 0.0878. The van der Waals surface area contributed by atoms with E-state index in [1.165, 1.54) is 19.3 Å². The maximum absolute atomic E-state index is 12.3. The van der Waals surface area contributed by atoms with Crippen LogP contribution in [-0.4, -0.2) is 42.5 Å². The van der Waals surface area contributed by atoms with Crippen LogP contribution in [0.15, 0.2) is 0 Å². The molecule has 92 valence electrons. The minimum Gasteiger partial charge on any atom is -0.377 e. The number of morpholine rings is 1. The second kappa shape index (κ2) is 5.87. The summed E-state index contributed by atoms with van der Waals surface area (Å²) in [7, 11) is 0. The van der Waals surface area contributed by atoms with Gasteiger partial charge in [-0.2, -0.15) is 0 Å². The zero-order valence-corrected chi connectivity index (χ0v) is 10.4. The first-order valence-corrected chi connectivity index (χ1v) is 6.80. The van der Waals surface area contributed by atoms with Gasteiger partial charge >= 0.3 is 0 Å². The molecular formula is C12H20ClNO2. The fourth-order valence-electron chi connectivity index (χ4n) is 2.66. The van der Waals surface area contributed by atoms with E-state index in [-0.39, 0.29) is 12.0 Å². The van der Waals surface area contributed by atoms with Crippen LogP contribution in [0.4, 0.5) is 0 Å². The van der Waals surface area contributed by atoms with Crippen LogP contribution in [0.25, 0.3) is 0 Å². The van der Waals surface area contributed by atoms with Crippen molar-refractivity contribution in [1.29, 1.82) is 0 Å². The summed E-state index contributed by atoms with van der Waals surface area (Å²) < 4.78 is 5.36. The Morgan fingerprint density at radius 3 is 2.75 bits per heavy atom. The minimum atomic E-state index is 0.0878. The molecule has 1 saturated heterocycles. The molecule has 1 atom stereocenters. The van der Waals surface area contributed by atoms with Crippen LogP contribution in [0.3, 0.4) is 0 Å². The average Bonchev–Trinajstić information content (AvgIpc) is 2.39. The van der Waals surface area contributed by atoms with E-state index >= 15 is 0 Å². The third-order valence-corrected chi connectivity index (χ3v) is 4.00. The van der Waals surface area contributed by atoms with E-state index in [2.05, 4.69) is 0 Å². The van der Waals surface area contributed by atoms with Gasteiger partial charge in [0.05, 0.1) is 19.3 Å². The Kier molecular flexibility index (Phi) is 4.47. The van der Waals surface area contributed by atoms with Gasteiger partial charge in [-0.1, -0.05) is 19.3 Å². The van der Waals surface area contributed by atoms with Crippen LogP contribution in [0.1, 0.15) is 32.1 Å². The van der Waals surface area contributed by atoms with E-state index in [0.717, 1.165) is 12.8 Å². The van der Waals surface area contributed by atoms with E-state index < -0.39 is 0 Å². The number of alkyl halides is 1. The summed E-state index contributed by atoms with van der Waals surface area (Å²) >= 11 is 5.88. The average molecular weight is 246 g/mol. The first-order valence-electron chi connectivity index (χ1n) is 6.27. The molecule has 1 unspecified atom stereocenters. The number of ether oxygens (including phenoxy) is 1. The lowest BCUT2D eigenvalue weighted by atomic mass is 9.88. The number of nitrogens with zero attached hydrogens (tertiary/aromatic N) is 1. The summed E-state index contributed by atoms with van der Waals surface area (Å²) in [6.07, 6.45) is 5.81. The molecule has 1 aliphatic heterocycles. The van der Waals surface area contributed by atoms with Crippen molar-refractivity contribution in [3.63, 3.8) is 0 Å². The Balaban J connectivity index is 1.95. The number of amides is 1. The maximum atomic E-state index is 12.3. The van der Waals surface area contributed by atoms with Crippen LogP contribution in [0.5, 0.6) is 0 Å².